The molecule has 1 fully saturated rings. The van der Waals surface area contributed by atoms with Gasteiger partial charge in [0, 0.05) is 43.1 Å². The zero-order chi connectivity index (χ0) is 26.4. The van der Waals surface area contributed by atoms with Gasteiger partial charge in [0.05, 0.1) is 11.3 Å². The van der Waals surface area contributed by atoms with E-state index >= 15 is 0 Å². The van der Waals surface area contributed by atoms with Crippen LogP contribution in [0.1, 0.15) is 28.8 Å². The average Bonchev–Trinajstić information content (AvgIpc) is 3.46. The lowest BCUT2D eigenvalue weighted by molar-refractivity contribution is 0.0959. The normalized spacial score (nSPS) is 14.3. The van der Waals surface area contributed by atoms with E-state index in [1.54, 1.807) is 0 Å². The monoisotopic (exact) mass is 512 g/mol. The smallest absolute Gasteiger partial charge is 0.262 e. The fourth-order valence-corrected chi connectivity index (χ4v) is 5.44. The molecule has 4 aromatic carbocycles. The van der Waals surface area contributed by atoms with E-state index in [0.717, 1.165) is 49.4 Å². The maximum atomic E-state index is 14.5. The fourth-order valence-electron chi connectivity index (χ4n) is 5.44. The molecule has 1 aliphatic rings. The van der Waals surface area contributed by atoms with Gasteiger partial charge in [0.2, 0.25) is 0 Å². The molecule has 0 saturated carbocycles. The molecule has 1 aromatic heterocycles. The molecule has 1 aliphatic heterocycles. The van der Waals surface area contributed by atoms with Gasteiger partial charge in [-0.1, -0.05) is 97.1 Å². The summed E-state index contributed by atoms with van der Waals surface area (Å²) in [6.45, 7) is 2.84. The summed E-state index contributed by atoms with van der Waals surface area (Å²) in [5.74, 6) is -0.0104. The van der Waals surface area contributed by atoms with Crippen LogP contribution in [0.3, 0.4) is 0 Å². The quantitative estimate of drug-likeness (QED) is 0.239. The van der Waals surface area contributed by atoms with Crippen molar-refractivity contribution in [3.63, 3.8) is 0 Å². The van der Waals surface area contributed by atoms with Gasteiger partial charge >= 0.3 is 0 Å². The third-order valence-corrected chi connectivity index (χ3v) is 7.44. The number of piperidine rings is 1. The van der Waals surface area contributed by atoms with Gasteiger partial charge in [-0.05, 0) is 42.7 Å². The first-order valence-corrected chi connectivity index (χ1v) is 13.6. The lowest BCUT2D eigenvalue weighted by atomic mass is 9.99. The summed E-state index contributed by atoms with van der Waals surface area (Å²) in [5, 5.41) is 4.91. The maximum absolute atomic E-state index is 14.5. The molecule has 5 heteroatoms. The Kier molecular flexibility index (Phi) is 7.32. The zero-order valence-corrected chi connectivity index (χ0v) is 21.9. The lowest BCUT2D eigenvalue weighted by Crippen LogP contribution is -2.47. The predicted molar refractivity (Wildman–Crippen MR) is 157 cm³/mol. The Morgan fingerprint density at radius 3 is 1.95 bits per heavy atom. The van der Waals surface area contributed by atoms with Gasteiger partial charge in [0.15, 0.2) is 0 Å². The van der Waals surface area contributed by atoms with Gasteiger partial charge in [-0.2, -0.15) is 5.10 Å². The van der Waals surface area contributed by atoms with Crippen molar-refractivity contribution >= 4 is 11.6 Å². The summed E-state index contributed by atoms with van der Waals surface area (Å²) in [6, 6.07) is 40.8. The van der Waals surface area contributed by atoms with Crippen molar-refractivity contribution in [3.05, 3.63) is 139 Å². The topological polar surface area (TPSA) is 41.4 Å². The van der Waals surface area contributed by atoms with Crippen molar-refractivity contribution in [1.82, 2.24) is 14.7 Å². The van der Waals surface area contributed by atoms with Crippen molar-refractivity contribution < 1.29 is 4.79 Å². The molecule has 6 rings (SSSR count). The van der Waals surface area contributed by atoms with Gasteiger partial charge in [-0.25, -0.2) is 4.68 Å². The number of nitrogens with zero attached hydrogens (tertiary/aromatic N) is 4. The second-order valence-corrected chi connectivity index (χ2v) is 10.0. The summed E-state index contributed by atoms with van der Waals surface area (Å²) in [5.41, 5.74) is 5.42. The standard InChI is InChI=1S/C34H32N4O/c39-34(32-26-37(29-17-9-3-10-18-29)35-33(32)28-15-7-2-8-16-28)38(30-19-11-4-12-20-30)31-21-23-36(24-22-31)25-27-13-5-1-6-14-27/h1-20,26,31H,21-25H2. The minimum absolute atomic E-state index is 0.0104. The number of rotatable bonds is 7. The second kappa shape index (κ2) is 11.5. The Morgan fingerprint density at radius 1 is 0.744 bits per heavy atom. The Morgan fingerprint density at radius 2 is 1.31 bits per heavy atom. The molecule has 0 bridgehead atoms. The van der Waals surface area contributed by atoms with E-state index in [4.69, 9.17) is 5.10 Å². The van der Waals surface area contributed by atoms with Gasteiger partial charge in [-0.3, -0.25) is 9.69 Å². The highest BCUT2D eigenvalue weighted by atomic mass is 16.2. The van der Waals surface area contributed by atoms with E-state index < -0.39 is 0 Å². The Bertz CT molecular complexity index is 1490. The molecule has 39 heavy (non-hydrogen) atoms. The van der Waals surface area contributed by atoms with E-state index in [1.807, 2.05) is 107 Å². The third-order valence-electron chi connectivity index (χ3n) is 7.44. The average molecular weight is 513 g/mol. The molecule has 5 nitrogen and oxygen atoms in total. The van der Waals surface area contributed by atoms with Gasteiger partial charge in [0.25, 0.3) is 5.91 Å². The molecule has 0 radical (unpaired) electrons. The van der Waals surface area contributed by atoms with Crippen LogP contribution in [0.15, 0.2) is 128 Å². The number of aromatic nitrogens is 2. The molecule has 0 spiro atoms. The van der Waals surface area contributed by atoms with Crippen molar-refractivity contribution in [2.45, 2.75) is 25.4 Å². The number of carbonyl (C=O) groups is 1. The van der Waals surface area contributed by atoms with Crippen LogP contribution >= 0.6 is 0 Å². The molecule has 0 unspecified atom stereocenters. The minimum Gasteiger partial charge on any atom is -0.305 e. The zero-order valence-electron chi connectivity index (χ0n) is 21.9. The SMILES string of the molecule is O=C(c1cn(-c2ccccc2)nc1-c1ccccc1)N(c1ccccc1)C1CCN(Cc2ccccc2)CC1. The van der Waals surface area contributed by atoms with Gasteiger partial charge in [0.1, 0.15) is 5.69 Å². The molecule has 194 valence electrons. The lowest BCUT2D eigenvalue weighted by Gasteiger charge is -2.38. The molecule has 5 aromatic rings. The summed E-state index contributed by atoms with van der Waals surface area (Å²) in [7, 11) is 0. The minimum atomic E-state index is -0.0104. The summed E-state index contributed by atoms with van der Waals surface area (Å²) < 4.78 is 1.82. The second-order valence-electron chi connectivity index (χ2n) is 10.0. The fraction of sp³-hybridized carbons (Fsp3) is 0.176. The molecule has 0 aliphatic carbocycles. The number of para-hydroxylation sites is 2. The van der Waals surface area contributed by atoms with Crippen LogP contribution in [-0.4, -0.2) is 39.7 Å². The highest BCUT2D eigenvalue weighted by molar-refractivity contribution is 6.10. The molecule has 2 heterocycles. The van der Waals surface area contributed by atoms with Crippen LogP contribution in [-0.2, 0) is 6.54 Å². The predicted octanol–water partition coefficient (Wildman–Crippen LogP) is 6.85. The molecule has 1 amide bonds. The first-order chi connectivity index (χ1) is 19.3. The van der Waals surface area contributed by atoms with Crippen molar-refractivity contribution in [2.75, 3.05) is 18.0 Å². The van der Waals surface area contributed by atoms with Crippen LogP contribution in [0.2, 0.25) is 0 Å². The third kappa shape index (κ3) is 5.54. The Labute approximate surface area is 229 Å². The van der Waals surface area contributed by atoms with E-state index in [1.165, 1.54) is 5.56 Å². The molecular weight excluding hydrogens is 480 g/mol. The van der Waals surface area contributed by atoms with Crippen LogP contribution in [0.25, 0.3) is 16.9 Å². The number of anilines is 1. The Balaban J connectivity index is 1.33. The molecular formula is C34H32N4O. The first kappa shape index (κ1) is 24.8. The number of hydrogen-bond acceptors (Lipinski definition) is 3. The van der Waals surface area contributed by atoms with E-state index in [-0.39, 0.29) is 11.9 Å². The van der Waals surface area contributed by atoms with Crippen molar-refractivity contribution in [2.24, 2.45) is 0 Å². The Hall–Kier alpha value is -4.48. The number of carbonyl (C=O) groups excluding carboxylic acids is 1. The van der Waals surface area contributed by atoms with Crippen LogP contribution in [0.4, 0.5) is 5.69 Å². The maximum Gasteiger partial charge on any atom is 0.262 e. The number of likely N-dealkylation sites (tertiary alicyclic amines) is 1. The number of benzene rings is 4. The van der Waals surface area contributed by atoms with E-state index in [0.29, 0.717) is 11.3 Å². The van der Waals surface area contributed by atoms with Crippen molar-refractivity contribution in [3.8, 4) is 16.9 Å². The van der Waals surface area contributed by atoms with Gasteiger partial charge in [-0.15, -0.1) is 0 Å². The summed E-state index contributed by atoms with van der Waals surface area (Å²) >= 11 is 0. The van der Waals surface area contributed by atoms with Gasteiger partial charge < -0.3 is 4.90 Å². The largest absolute Gasteiger partial charge is 0.305 e. The molecule has 1 saturated heterocycles. The molecule has 0 N–H and O–H groups in total. The van der Waals surface area contributed by atoms with E-state index in [2.05, 4.69) is 35.2 Å². The first-order valence-electron chi connectivity index (χ1n) is 13.6. The van der Waals surface area contributed by atoms with Crippen LogP contribution < -0.4 is 4.90 Å². The highest BCUT2D eigenvalue weighted by Gasteiger charge is 2.32. The number of amides is 1. The molecule has 0 atom stereocenters. The summed E-state index contributed by atoms with van der Waals surface area (Å²) in [4.78, 5) is 19.0. The summed E-state index contributed by atoms with van der Waals surface area (Å²) in [6.07, 6.45) is 3.72. The highest BCUT2D eigenvalue weighted by Crippen LogP contribution is 2.30. The van der Waals surface area contributed by atoms with E-state index in [9.17, 15) is 4.79 Å². The van der Waals surface area contributed by atoms with Crippen LogP contribution in [0, 0.1) is 0 Å². The van der Waals surface area contributed by atoms with Crippen LogP contribution in [0.5, 0.6) is 0 Å². The number of hydrogen-bond donors (Lipinski definition) is 0. The van der Waals surface area contributed by atoms with Crippen molar-refractivity contribution in [1.29, 1.82) is 0 Å².